The Balaban J connectivity index is 2.31. The van der Waals surface area contributed by atoms with Crippen LogP contribution in [0.15, 0.2) is 0 Å². The second kappa shape index (κ2) is 4.61. The molecular weight excluding hydrogens is 164 g/mol. The van der Waals surface area contributed by atoms with Crippen LogP contribution in [0.3, 0.4) is 0 Å². The van der Waals surface area contributed by atoms with Crippen LogP contribution in [0.1, 0.15) is 32.6 Å². The monoisotopic (exact) mass is 184 g/mol. The minimum absolute atomic E-state index is 0.0295. The van der Waals surface area contributed by atoms with Crippen LogP contribution in [-0.2, 0) is 4.79 Å². The van der Waals surface area contributed by atoms with Crippen LogP contribution in [-0.4, -0.2) is 37.0 Å². The molecule has 1 unspecified atom stereocenters. The SMILES string of the molecule is CC(NC1CCCC1)C(=O)N(C)C. The number of hydrogen-bond donors (Lipinski definition) is 1. The molecule has 0 spiro atoms. The van der Waals surface area contributed by atoms with Gasteiger partial charge in [0.25, 0.3) is 0 Å². The van der Waals surface area contributed by atoms with Crippen LogP contribution < -0.4 is 5.32 Å². The van der Waals surface area contributed by atoms with E-state index in [9.17, 15) is 4.79 Å². The molecule has 1 amide bonds. The summed E-state index contributed by atoms with van der Waals surface area (Å²) in [6, 6.07) is 0.539. The molecule has 1 aliphatic rings. The van der Waals surface area contributed by atoms with Crippen molar-refractivity contribution in [1.82, 2.24) is 10.2 Å². The van der Waals surface area contributed by atoms with E-state index in [1.807, 2.05) is 6.92 Å². The molecule has 0 aromatic heterocycles. The normalized spacial score (nSPS) is 20.2. The number of likely N-dealkylation sites (N-methyl/N-ethyl adjacent to an activating group) is 1. The second-order valence-corrected chi connectivity index (χ2v) is 4.10. The molecule has 1 fully saturated rings. The van der Waals surface area contributed by atoms with E-state index in [-0.39, 0.29) is 11.9 Å². The summed E-state index contributed by atoms with van der Waals surface area (Å²) in [5.41, 5.74) is 0. The fourth-order valence-electron chi connectivity index (χ4n) is 1.90. The van der Waals surface area contributed by atoms with Crippen molar-refractivity contribution < 1.29 is 4.79 Å². The van der Waals surface area contributed by atoms with E-state index in [1.165, 1.54) is 25.7 Å². The first-order valence-electron chi connectivity index (χ1n) is 5.08. The predicted octanol–water partition coefficient (Wildman–Crippen LogP) is 0.995. The van der Waals surface area contributed by atoms with Gasteiger partial charge in [-0.05, 0) is 19.8 Å². The maximum atomic E-state index is 11.5. The van der Waals surface area contributed by atoms with E-state index < -0.39 is 0 Å². The van der Waals surface area contributed by atoms with Gasteiger partial charge in [0.2, 0.25) is 5.91 Å². The molecule has 0 heterocycles. The summed E-state index contributed by atoms with van der Waals surface area (Å²) >= 11 is 0. The summed E-state index contributed by atoms with van der Waals surface area (Å²) in [5.74, 6) is 0.173. The summed E-state index contributed by atoms with van der Waals surface area (Å²) in [6.45, 7) is 1.95. The number of nitrogens with zero attached hydrogens (tertiary/aromatic N) is 1. The lowest BCUT2D eigenvalue weighted by atomic mass is 10.2. The summed E-state index contributed by atoms with van der Waals surface area (Å²) < 4.78 is 0. The molecule has 1 saturated carbocycles. The molecule has 0 radical (unpaired) electrons. The van der Waals surface area contributed by atoms with Crippen molar-refractivity contribution in [3.05, 3.63) is 0 Å². The first-order chi connectivity index (χ1) is 6.11. The van der Waals surface area contributed by atoms with Gasteiger partial charge in [0.1, 0.15) is 0 Å². The zero-order valence-corrected chi connectivity index (χ0v) is 8.84. The van der Waals surface area contributed by atoms with Gasteiger partial charge in [0, 0.05) is 20.1 Å². The Labute approximate surface area is 80.5 Å². The molecule has 13 heavy (non-hydrogen) atoms. The fourth-order valence-corrected chi connectivity index (χ4v) is 1.90. The summed E-state index contributed by atoms with van der Waals surface area (Å²) in [4.78, 5) is 13.1. The van der Waals surface area contributed by atoms with E-state index in [2.05, 4.69) is 5.32 Å². The third-order valence-corrected chi connectivity index (χ3v) is 2.65. The standard InChI is InChI=1S/C10H20N2O/c1-8(10(13)12(2)3)11-9-6-4-5-7-9/h8-9,11H,4-7H2,1-3H3. The van der Waals surface area contributed by atoms with Crippen LogP contribution in [0.2, 0.25) is 0 Å². The molecular formula is C10H20N2O. The van der Waals surface area contributed by atoms with Gasteiger partial charge >= 0.3 is 0 Å². The molecule has 0 aliphatic heterocycles. The number of nitrogens with one attached hydrogen (secondary N) is 1. The predicted molar refractivity (Wildman–Crippen MR) is 53.5 cm³/mol. The van der Waals surface area contributed by atoms with Gasteiger partial charge in [-0.1, -0.05) is 12.8 Å². The summed E-state index contributed by atoms with van der Waals surface area (Å²) in [6.07, 6.45) is 5.07. The lowest BCUT2D eigenvalue weighted by Crippen LogP contribution is -2.45. The quantitative estimate of drug-likeness (QED) is 0.709. The molecule has 1 N–H and O–H groups in total. The van der Waals surface area contributed by atoms with Crippen molar-refractivity contribution in [2.75, 3.05) is 14.1 Å². The minimum Gasteiger partial charge on any atom is -0.347 e. The Morgan fingerprint density at radius 1 is 1.38 bits per heavy atom. The number of carbonyl (C=O) groups is 1. The Morgan fingerprint density at radius 3 is 2.38 bits per heavy atom. The van der Waals surface area contributed by atoms with E-state index in [4.69, 9.17) is 0 Å². The number of carbonyl (C=O) groups excluding carboxylic acids is 1. The van der Waals surface area contributed by atoms with Gasteiger partial charge in [0.15, 0.2) is 0 Å². The van der Waals surface area contributed by atoms with Gasteiger partial charge in [-0.25, -0.2) is 0 Å². The fraction of sp³-hybridized carbons (Fsp3) is 0.900. The van der Waals surface area contributed by atoms with Crippen LogP contribution in [0, 0.1) is 0 Å². The highest BCUT2D eigenvalue weighted by molar-refractivity contribution is 5.80. The number of rotatable bonds is 3. The van der Waals surface area contributed by atoms with Gasteiger partial charge < -0.3 is 10.2 Å². The van der Waals surface area contributed by atoms with Gasteiger partial charge in [-0.2, -0.15) is 0 Å². The molecule has 1 atom stereocenters. The average Bonchev–Trinajstić information content (AvgIpc) is 2.55. The molecule has 76 valence electrons. The Bertz CT molecular complexity index is 174. The molecule has 3 heteroatoms. The van der Waals surface area contributed by atoms with Crippen LogP contribution in [0.25, 0.3) is 0 Å². The Kier molecular flexibility index (Phi) is 3.72. The minimum atomic E-state index is -0.0295. The highest BCUT2D eigenvalue weighted by atomic mass is 16.2. The molecule has 3 nitrogen and oxygen atoms in total. The van der Waals surface area contributed by atoms with Crippen LogP contribution in [0.4, 0.5) is 0 Å². The van der Waals surface area contributed by atoms with Crippen molar-refractivity contribution in [1.29, 1.82) is 0 Å². The smallest absolute Gasteiger partial charge is 0.238 e. The first-order valence-corrected chi connectivity index (χ1v) is 5.08. The van der Waals surface area contributed by atoms with Crippen molar-refractivity contribution in [3.8, 4) is 0 Å². The van der Waals surface area contributed by atoms with Crippen molar-refractivity contribution >= 4 is 5.91 Å². The zero-order chi connectivity index (χ0) is 9.84. The van der Waals surface area contributed by atoms with Gasteiger partial charge in [0.05, 0.1) is 6.04 Å². The highest BCUT2D eigenvalue weighted by Crippen LogP contribution is 2.18. The molecule has 0 aromatic carbocycles. The lowest BCUT2D eigenvalue weighted by Gasteiger charge is -2.21. The zero-order valence-electron chi connectivity index (χ0n) is 8.84. The number of hydrogen-bond acceptors (Lipinski definition) is 2. The first kappa shape index (κ1) is 10.5. The molecule has 1 aliphatic carbocycles. The van der Waals surface area contributed by atoms with E-state index in [0.29, 0.717) is 6.04 Å². The third-order valence-electron chi connectivity index (χ3n) is 2.65. The summed E-state index contributed by atoms with van der Waals surface area (Å²) in [7, 11) is 3.60. The van der Waals surface area contributed by atoms with Crippen molar-refractivity contribution in [2.45, 2.75) is 44.7 Å². The van der Waals surface area contributed by atoms with Gasteiger partial charge in [-0.15, -0.1) is 0 Å². The van der Waals surface area contributed by atoms with Crippen molar-refractivity contribution in [2.24, 2.45) is 0 Å². The Morgan fingerprint density at radius 2 is 1.92 bits per heavy atom. The molecule has 1 rings (SSSR count). The van der Waals surface area contributed by atoms with Gasteiger partial charge in [-0.3, -0.25) is 4.79 Å². The average molecular weight is 184 g/mol. The van der Waals surface area contributed by atoms with Crippen LogP contribution >= 0.6 is 0 Å². The largest absolute Gasteiger partial charge is 0.347 e. The molecule has 0 aromatic rings. The highest BCUT2D eigenvalue weighted by Gasteiger charge is 2.21. The summed E-state index contributed by atoms with van der Waals surface area (Å²) in [5, 5.41) is 3.37. The maximum absolute atomic E-state index is 11.5. The molecule has 0 bridgehead atoms. The maximum Gasteiger partial charge on any atom is 0.238 e. The van der Waals surface area contributed by atoms with Crippen LogP contribution in [0.5, 0.6) is 0 Å². The second-order valence-electron chi connectivity index (χ2n) is 4.10. The van der Waals surface area contributed by atoms with E-state index >= 15 is 0 Å². The lowest BCUT2D eigenvalue weighted by molar-refractivity contribution is -0.130. The van der Waals surface area contributed by atoms with Crippen molar-refractivity contribution in [3.63, 3.8) is 0 Å². The topological polar surface area (TPSA) is 32.3 Å². The molecule has 0 saturated heterocycles. The van der Waals surface area contributed by atoms with E-state index in [0.717, 1.165) is 0 Å². The van der Waals surface area contributed by atoms with E-state index in [1.54, 1.807) is 19.0 Å². The Hall–Kier alpha value is -0.570. The number of amides is 1. The third kappa shape index (κ3) is 2.99.